The molecule has 0 saturated heterocycles. The van der Waals surface area contributed by atoms with Crippen molar-refractivity contribution >= 4 is 16.9 Å². The van der Waals surface area contributed by atoms with Gasteiger partial charge < -0.3 is 5.73 Å². The topological polar surface area (TPSA) is 51.3 Å². The molecule has 0 unspecified atom stereocenters. The average Bonchev–Trinajstić information content (AvgIpc) is 2.70. The van der Waals surface area contributed by atoms with Gasteiger partial charge in [0.25, 0.3) is 0 Å². The molecule has 1 aliphatic carbocycles. The molecule has 2 aromatic rings. The lowest BCUT2D eigenvalue weighted by molar-refractivity contribution is 0.317. The molecule has 2 heterocycles. The van der Waals surface area contributed by atoms with Crippen LogP contribution in [0.25, 0.3) is 11.1 Å². The second kappa shape index (κ2) is 5.88. The largest absolute Gasteiger partial charge is 0.379 e. The summed E-state index contributed by atoms with van der Waals surface area (Å²) in [5.41, 5.74) is 10.1. The molecule has 4 rings (SSSR count). The number of pyridine rings is 1. The van der Waals surface area contributed by atoms with Crippen LogP contribution in [-0.4, -0.2) is 15.9 Å². The Morgan fingerprint density at radius 2 is 2.12 bits per heavy atom. The van der Waals surface area contributed by atoms with Crippen molar-refractivity contribution in [2.24, 2.45) is 16.6 Å². The molecule has 0 bridgehead atoms. The van der Waals surface area contributed by atoms with Gasteiger partial charge in [-0.3, -0.25) is 9.98 Å². The minimum atomic E-state index is -0.317. The first kappa shape index (κ1) is 15.6. The minimum absolute atomic E-state index is 0.294. The third kappa shape index (κ3) is 2.61. The summed E-state index contributed by atoms with van der Waals surface area (Å²) in [5.74, 6) is 1.18. The lowest BCUT2D eigenvalue weighted by atomic mass is 9.78. The number of hydrogen-bond donors (Lipinski definition) is 1. The number of hydrogen-bond acceptors (Lipinski definition) is 4. The van der Waals surface area contributed by atoms with Crippen LogP contribution in [0.3, 0.4) is 0 Å². The van der Waals surface area contributed by atoms with E-state index in [0.29, 0.717) is 11.1 Å². The van der Waals surface area contributed by atoms with E-state index in [1.165, 1.54) is 29.8 Å². The molecule has 0 saturated carbocycles. The predicted molar refractivity (Wildman–Crippen MR) is 97.5 cm³/mol. The molecule has 5 heteroatoms. The Labute approximate surface area is 145 Å². The molecule has 1 aliphatic heterocycles. The van der Waals surface area contributed by atoms with Crippen molar-refractivity contribution < 1.29 is 4.39 Å². The molecule has 1 aromatic carbocycles. The van der Waals surface area contributed by atoms with Gasteiger partial charge >= 0.3 is 0 Å². The summed E-state index contributed by atoms with van der Waals surface area (Å²) in [4.78, 5) is 8.83. The van der Waals surface area contributed by atoms with E-state index in [2.05, 4.69) is 30.1 Å². The van der Waals surface area contributed by atoms with Crippen LogP contribution < -0.4 is 5.73 Å². The number of aliphatic imine (C=N–C) groups is 1. The van der Waals surface area contributed by atoms with Crippen molar-refractivity contribution in [3.05, 3.63) is 53.6 Å². The first-order valence-electron chi connectivity index (χ1n) is 8.29. The highest BCUT2D eigenvalue weighted by atomic mass is 32.2. The molecule has 124 valence electrons. The molecular weight excluding hydrogens is 321 g/mol. The van der Waals surface area contributed by atoms with E-state index in [1.54, 1.807) is 18.0 Å². The Morgan fingerprint density at radius 1 is 1.25 bits per heavy atom. The number of nitrogens with two attached hydrogens (primary N) is 1. The summed E-state index contributed by atoms with van der Waals surface area (Å²) >= 11 is 1.66. The van der Waals surface area contributed by atoms with Crippen molar-refractivity contribution in [2.75, 3.05) is 5.75 Å². The summed E-state index contributed by atoms with van der Waals surface area (Å²) < 4.78 is 13.5. The maximum atomic E-state index is 13.5. The fourth-order valence-corrected chi connectivity index (χ4v) is 5.02. The monoisotopic (exact) mass is 341 g/mol. The Hall–Kier alpha value is -1.88. The molecule has 0 fully saturated rings. The number of amidine groups is 1. The van der Waals surface area contributed by atoms with Crippen LogP contribution in [-0.2, 0) is 12.0 Å². The van der Waals surface area contributed by atoms with Crippen LogP contribution in [0.1, 0.15) is 30.9 Å². The van der Waals surface area contributed by atoms with E-state index in [0.717, 1.165) is 29.7 Å². The van der Waals surface area contributed by atoms with E-state index >= 15 is 0 Å². The van der Waals surface area contributed by atoms with Gasteiger partial charge in [0.05, 0.1) is 11.7 Å². The number of halogens is 1. The Morgan fingerprint density at radius 3 is 2.96 bits per heavy atom. The molecule has 0 radical (unpaired) electrons. The van der Waals surface area contributed by atoms with Crippen LogP contribution in [0.15, 0.2) is 41.7 Å². The maximum absolute atomic E-state index is 13.5. The van der Waals surface area contributed by atoms with Gasteiger partial charge in [0, 0.05) is 17.5 Å². The Kier molecular flexibility index (Phi) is 3.83. The van der Waals surface area contributed by atoms with Crippen molar-refractivity contribution in [2.45, 2.75) is 31.7 Å². The third-order valence-corrected chi connectivity index (χ3v) is 6.22. The number of aromatic nitrogens is 1. The minimum Gasteiger partial charge on any atom is -0.379 e. The lowest BCUT2D eigenvalue weighted by Crippen LogP contribution is -2.37. The quantitative estimate of drug-likeness (QED) is 0.849. The van der Waals surface area contributed by atoms with Crippen molar-refractivity contribution in [3.8, 4) is 11.1 Å². The highest BCUT2D eigenvalue weighted by molar-refractivity contribution is 8.13. The van der Waals surface area contributed by atoms with Crippen LogP contribution in [0.5, 0.6) is 0 Å². The fraction of sp³-hybridized carbons (Fsp3) is 0.368. The van der Waals surface area contributed by atoms with Gasteiger partial charge in [-0.05, 0) is 60.9 Å². The number of benzene rings is 1. The molecular formula is C19H20FN3S. The van der Waals surface area contributed by atoms with Gasteiger partial charge in [0.2, 0.25) is 0 Å². The van der Waals surface area contributed by atoms with Crippen LogP contribution in [0.4, 0.5) is 4.39 Å². The molecule has 0 amide bonds. The zero-order valence-corrected chi connectivity index (χ0v) is 14.4. The van der Waals surface area contributed by atoms with Gasteiger partial charge in [-0.1, -0.05) is 23.9 Å². The summed E-state index contributed by atoms with van der Waals surface area (Å²) in [6.45, 7) is 2.20. The van der Waals surface area contributed by atoms with E-state index in [1.807, 2.05) is 0 Å². The van der Waals surface area contributed by atoms with E-state index in [9.17, 15) is 4.39 Å². The highest BCUT2D eigenvalue weighted by Gasteiger charge is 2.41. The maximum Gasteiger partial charge on any atom is 0.154 e. The van der Waals surface area contributed by atoms with Crippen LogP contribution >= 0.6 is 11.8 Å². The first-order valence-corrected chi connectivity index (χ1v) is 9.27. The van der Waals surface area contributed by atoms with Crippen molar-refractivity contribution in [1.82, 2.24) is 4.98 Å². The fourth-order valence-electron chi connectivity index (χ4n) is 3.90. The predicted octanol–water partition coefficient (Wildman–Crippen LogP) is 4.12. The van der Waals surface area contributed by atoms with Gasteiger partial charge in [0.1, 0.15) is 5.82 Å². The molecule has 3 nitrogen and oxygen atoms in total. The van der Waals surface area contributed by atoms with Crippen molar-refractivity contribution in [1.29, 1.82) is 0 Å². The van der Waals surface area contributed by atoms with Crippen LogP contribution in [0.2, 0.25) is 0 Å². The number of nitrogens with zero attached hydrogens (tertiary/aromatic N) is 2. The van der Waals surface area contributed by atoms with E-state index in [4.69, 9.17) is 10.7 Å². The normalized spacial score (nSPS) is 26.1. The number of thioether (sulfide) groups is 1. The zero-order valence-electron chi connectivity index (χ0n) is 13.6. The molecule has 2 N–H and O–H groups in total. The van der Waals surface area contributed by atoms with Gasteiger partial charge in [-0.25, -0.2) is 4.39 Å². The highest BCUT2D eigenvalue weighted by Crippen LogP contribution is 2.46. The van der Waals surface area contributed by atoms with E-state index < -0.39 is 0 Å². The third-order valence-electron chi connectivity index (χ3n) is 5.26. The molecule has 1 aromatic heterocycles. The Balaban J connectivity index is 1.88. The molecule has 0 spiro atoms. The first-order chi connectivity index (χ1) is 11.6. The smallest absolute Gasteiger partial charge is 0.154 e. The molecule has 24 heavy (non-hydrogen) atoms. The number of rotatable bonds is 1. The molecule has 2 atom stereocenters. The van der Waals surface area contributed by atoms with E-state index in [-0.39, 0.29) is 11.4 Å². The second-order valence-corrected chi connectivity index (χ2v) is 7.80. The summed E-state index contributed by atoms with van der Waals surface area (Å²) in [6, 6.07) is 7.91. The van der Waals surface area contributed by atoms with Gasteiger partial charge in [-0.2, -0.15) is 0 Å². The second-order valence-electron chi connectivity index (χ2n) is 6.76. The summed E-state index contributed by atoms with van der Waals surface area (Å²) in [7, 11) is 0. The van der Waals surface area contributed by atoms with Crippen molar-refractivity contribution in [3.63, 3.8) is 0 Å². The summed E-state index contributed by atoms with van der Waals surface area (Å²) in [6.07, 6.45) is 6.32. The van der Waals surface area contributed by atoms with Gasteiger partial charge in [-0.15, -0.1) is 0 Å². The summed E-state index contributed by atoms with van der Waals surface area (Å²) in [5, 5.41) is 0.666. The number of fused-ring (bicyclic) bond motifs is 3. The average molecular weight is 341 g/mol. The van der Waals surface area contributed by atoms with Gasteiger partial charge in [0.15, 0.2) is 5.17 Å². The zero-order chi connectivity index (χ0) is 16.7. The molecule has 2 aliphatic rings. The SMILES string of the molecule is C[C@]12N=C(N)SC[C@H]1CCCc1ccc(-c3cncc(F)c3)cc12. The van der Waals surface area contributed by atoms with Crippen LogP contribution in [0, 0.1) is 11.7 Å². The number of aryl methyl sites for hydroxylation is 1. The lowest BCUT2D eigenvalue weighted by Gasteiger charge is -2.37. The standard InChI is InChI=1S/C19H20FN3S/c1-19-15(11-24-18(21)23-19)4-2-3-12-5-6-13(8-17(12)19)14-7-16(20)10-22-9-14/h5-10,15H,2-4,11H2,1H3,(H2,21,23)/t15-,19+/m1/s1. The Bertz CT molecular complexity index is 820.